The van der Waals surface area contributed by atoms with Crippen LogP contribution < -0.4 is 27.4 Å². The molecule has 0 radical (unpaired) electrons. The van der Waals surface area contributed by atoms with Crippen LogP contribution >= 0.6 is 0 Å². The van der Waals surface area contributed by atoms with E-state index in [1.807, 2.05) is 13.8 Å². The van der Waals surface area contributed by atoms with Crippen LogP contribution in [0, 0.1) is 11.8 Å². The number of carbonyl (C=O) groups excluding carboxylic acids is 4. The molecule has 0 spiro atoms. The molecule has 4 amide bonds. The molecule has 0 aromatic carbocycles. The molecule has 0 saturated carbocycles. The smallest absolute Gasteiger partial charge is 0.325 e. The van der Waals surface area contributed by atoms with E-state index in [2.05, 4.69) is 16.0 Å². The summed E-state index contributed by atoms with van der Waals surface area (Å²) in [7, 11) is 0. The Bertz CT molecular complexity index is 637. The fourth-order valence-corrected chi connectivity index (χ4v) is 2.48. The van der Waals surface area contributed by atoms with Gasteiger partial charge in [-0.3, -0.25) is 24.0 Å². The van der Waals surface area contributed by atoms with Gasteiger partial charge in [-0.05, 0) is 31.6 Å². The van der Waals surface area contributed by atoms with Gasteiger partial charge >= 0.3 is 5.97 Å². The fraction of sp³-hybridized carbons (Fsp3) is 0.737. The summed E-state index contributed by atoms with van der Waals surface area (Å²) >= 11 is 0. The van der Waals surface area contributed by atoms with E-state index in [1.165, 1.54) is 6.92 Å². The summed E-state index contributed by atoms with van der Waals surface area (Å²) in [5, 5.41) is 16.3. The van der Waals surface area contributed by atoms with Crippen molar-refractivity contribution in [3.63, 3.8) is 0 Å². The van der Waals surface area contributed by atoms with E-state index in [0.717, 1.165) is 0 Å². The van der Waals surface area contributed by atoms with E-state index < -0.39 is 53.8 Å². The van der Waals surface area contributed by atoms with E-state index in [-0.39, 0.29) is 31.1 Å². The Balaban J connectivity index is 5.41. The second kappa shape index (κ2) is 12.8. The van der Waals surface area contributed by atoms with Crippen molar-refractivity contribution in [1.29, 1.82) is 0 Å². The Morgan fingerprint density at radius 3 is 1.77 bits per heavy atom. The second-order valence-electron chi connectivity index (χ2n) is 8.10. The number of nitrogens with two attached hydrogens (primary N) is 2. The quantitative estimate of drug-likeness (QED) is 0.212. The third kappa shape index (κ3) is 10.2. The lowest BCUT2D eigenvalue weighted by Crippen LogP contribution is -2.57. The molecule has 0 aromatic heterocycles. The van der Waals surface area contributed by atoms with Crippen LogP contribution in [0.4, 0.5) is 0 Å². The molecular formula is C19H35N5O6. The Hall–Kier alpha value is -2.69. The van der Waals surface area contributed by atoms with Crippen molar-refractivity contribution in [3.05, 3.63) is 0 Å². The first-order chi connectivity index (χ1) is 13.8. The van der Waals surface area contributed by atoms with E-state index >= 15 is 0 Å². The van der Waals surface area contributed by atoms with Gasteiger partial charge in [-0.2, -0.15) is 0 Å². The lowest BCUT2D eigenvalue weighted by atomic mass is 10.00. The van der Waals surface area contributed by atoms with Gasteiger partial charge in [-0.1, -0.05) is 27.7 Å². The minimum atomic E-state index is -1.25. The molecule has 8 N–H and O–H groups in total. The SMILES string of the molecule is CC(C)CC(NC(=O)C(N)C(C)C)C(=O)NC(CCC(N)=O)C(=O)NC(C)C(=O)O. The van der Waals surface area contributed by atoms with Crippen molar-refractivity contribution in [2.24, 2.45) is 23.3 Å². The number of carboxylic acids is 1. The predicted molar refractivity (Wildman–Crippen MR) is 110 cm³/mol. The second-order valence-corrected chi connectivity index (χ2v) is 8.10. The zero-order valence-corrected chi connectivity index (χ0v) is 18.2. The van der Waals surface area contributed by atoms with Crippen LogP contribution in [0.5, 0.6) is 0 Å². The van der Waals surface area contributed by atoms with E-state index in [9.17, 15) is 24.0 Å². The number of hydrogen-bond donors (Lipinski definition) is 6. The molecular weight excluding hydrogens is 394 g/mol. The lowest BCUT2D eigenvalue weighted by Gasteiger charge is -2.26. The van der Waals surface area contributed by atoms with Crippen LogP contribution in [-0.2, 0) is 24.0 Å². The fourth-order valence-electron chi connectivity index (χ4n) is 2.48. The molecule has 0 fully saturated rings. The van der Waals surface area contributed by atoms with Gasteiger partial charge < -0.3 is 32.5 Å². The molecule has 0 rings (SSSR count). The first kappa shape index (κ1) is 27.3. The van der Waals surface area contributed by atoms with Gasteiger partial charge in [0.1, 0.15) is 18.1 Å². The van der Waals surface area contributed by atoms with Crippen molar-refractivity contribution in [1.82, 2.24) is 16.0 Å². The van der Waals surface area contributed by atoms with Crippen LogP contribution in [0.15, 0.2) is 0 Å². The largest absolute Gasteiger partial charge is 0.480 e. The Kier molecular flexibility index (Phi) is 11.6. The van der Waals surface area contributed by atoms with E-state index in [4.69, 9.17) is 16.6 Å². The summed E-state index contributed by atoms with van der Waals surface area (Å²) in [6.07, 6.45) is -0.0234. The molecule has 30 heavy (non-hydrogen) atoms. The number of carbonyl (C=O) groups is 5. The van der Waals surface area contributed by atoms with Crippen molar-refractivity contribution < 1.29 is 29.1 Å². The summed E-state index contributed by atoms with van der Waals surface area (Å²) in [6.45, 7) is 8.54. The number of amides is 4. The van der Waals surface area contributed by atoms with E-state index in [0.29, 0.717) is 0 Å². The monoisotopic (exact) mass is 429 g/mol. The van der Waals surface area contributed by atoms with Gasteiger partial charge in [0.05, 0.1) is 6.04 Å². The maximum Gasteiger partial charge on any atom is 0.325 e. The van der Waals surface area contributed by atoms with Crippen LogP contribution in [0.2, 0.25) is 0 Å². The first-order valence-corrected chi connectivity index (χ1v) is 9.94. The summed E-state index contributed by atoms with van der Waals surface area (Å²) in [4.78, 5) is 59.6. The predicted octanol–water partition coefficient (Wildman–Crippen LogP) is -1.16. The zero-order chi connectivity index (χ0) is 23.6. The zero-order valence-electron chi connectivity index (χ0n) is 18.2. The number of hydrogen-bond acceptors (Lipinski definition) is 6. The Morgan fingerprint density at radius 1 is 0.833 bits per heavy atom. The van der Waals surface area contributed by atoms with Crippen molar-refractivity contribution in [2.75, 3.05) is 0 Å². The molecule has 0 heterocycles. The van der Waals surface area contributed by atoms with Crippen molar-refractivity contribution >= 4 is 29.6 Å². The van der Waals surface area contributed by atoms with Gasteiger partial charge in [0.15, 0.2) is 0 Å². The molecule has 0 saturated heterocycles. The summed E-state index contributed by atoms with van der Waals surface area (Å²) in [5.74, 6) is -3.93. The number of nitrogens with one attached hydrogen (secondary N) is 3. The van der Waals surface area contributed by atoms with Gasteiger partial charge in [0, 0.05) is 6.42 Å². The molecule has 172 valence electrons. The van der Waals surface area contributed by atoms with Crippen LogP contribution in [0.3, 0.4) is 0 Å². The molecule has 4 unspecified atom stereocenters. The van der Waals surface area contributed by atoms with Crippen molar-refractivity contribution in [3.8, 4) is 0 Å². The highest BCUT2D eigenvalue weighted by Gasteiger charge is 2.30. The number of primary amides is 1. The van der Waals surface area contributed by atoms with E-state index in [1.54, 1.807) is 13.8 Å². The average molecular weight is 430 g/mol. The minimum Gasteiger partial charge on any atom is -0.480 e. The van der Waals surface area contributed by atoms with Gasteiger partial charge in [0.25, 0.3) is 0 Å². The Morgan fingerprint density at radius 2 is 1.33 bits per heavy atom. The molecule has 4 atom stereocenters. The van der Waals surface area contributed by atoms with Gasteiger partial charge in [-0.15, -0.1) is 0 Å². The van der Waals surface area contributed by atoms with Crippen LogP contribution in [-0.4, -0.2) is 58.9 Å². The molecule has 0 bridgehead atoms. The number of rotatable bonds is 13. The molecule has 0 aliphatic heterocycles. The summed E-state index contributed by atoms with van der Waals surface area (Å²) in [5.41, 5.74) is 11.0. The van der Waals surface area contributed by atoms with Gasteiger partial charge in [0.2, 0.25) is 23.6 Å². The molecule has 11 heteroatoms. The maximum atomic E-state index is 12.8. The standard InChI is InChI=1S/C19H35N5O6/c1-9(2)8-13(24-18(28)15(21)10(3)4)17(27)23-12(6-7-14(20)25)16(26)22-11(5)19(29)30/h9-13,15H,6-8,21H2,1-5H3,(H2,20,25)(H,22,26)(H,23,27)(H,24,28)(H,29,30). The molecule has 0 aliphatic rings. The topological polar surface area (TPSA) is 194 Å². The lowest BCUT2D eigenvalue weighted by molar-refractivity contribution is -0.142. The molecule has 0 aromatic rings. The van der Waals surface area contributed by atoms with Gasteiger partial charge in [-0.25, -0.2) is 0 Å². The normalized spacial score (nSPS) is 15.1. The summed E-state index contributed by atoms with van der Waals surface area (Å²) in [6, 6.07) is -4.15. The first-order valence-electron chi connectivity index (χ1n) is 9.94. The average Bonchev–Trinajstić information content (AvgIpc) is 2.62. The highest BCUT2D eigenvalue weighted by molar-refractivity contribution is 5.94. The minimum absolute atomic E-state index is 0.0428. The summed E-state index contributed by atoms with van der Waals surface area (Å²) < 4.78 is 0. The third-order valence-electron chi connectivity index (χ3n) is 4.40. The highest BCUT2D eigenvalue weighted by atomic mass is 16.4. The van der Waals surface area contributed by atoms with Crippen LogP contribution in [0.25, 0.3) is 0 Å². The van der Waals surface area contributed by atoms with Crippen LogP contribution in [0.1, 0.15) is 53.9 Å². The molecule has 11 nitrogen and oxygen atoms in total. The number of aliphatic carboxylic acids is 1. The number of carboxylic acid groups (broad SMARTS) is 1. The maximum absolute atomic E-state index is 12.8. The third-order valence-corrected chi connectivity index (χ3v) is 4.40. The Labute approximate surface area is 176 Å². The van der Waals surface area contributed by atoms with Crippen molar-refractivity contribution in [2.45, 2.75) is 78.0 Å². The highest BCUT2D eigenvalue weighted by Crippen LogP contribution is 2.08. The molecule has 0 aliphatic carbocycles.